The van der Waals surface area contributed by atoms with Crippen molar-refractivity contribution in [2.75, 3.05) is 0 Å². The number of furan rings is 1. The molecule has 2 aromatic rings. The number of benzene rings is 1. The Labute approximate surface area is 120 Å². The van der Waals surface area contributed by atoms with Crippen molar-refractivity contribution >= 4 is 11.0 Å². The summed E-state index contributed by atoms with van der Waals surface area (Å²) in [6.07, 6.45) is 8.76. The second-order valence-corrected chi connectivity index (χ2v) is 6.38. The minimum absolute atomic E-state index is 0.739. The molecule has 1 aromatic heterocycles. The fourth-order valence-corrected chi connectivity index (χ4v) is 3.46. The molecule has 0 unspecified atom stereocenters. The summed E-state index contributed by atoms with van der Waals surface area (Å²) in [5.41, 5.74) is 5.63. The van der Waals surface area contributed by atoms with Crippen LogP contribution in [0.4, 0.5) is 0 Å². The molecule has 0 atom stereocenters. The van der Waals surface area contributed by atoms with Gasteiger partial charge in [0.2, 0.25) is 0 Å². The molecule has 0 bridgehead atoms. The average Bonchev–Trinajstić information content (AvgIpc) is 3.07. The van der Waals surface area contributed by atoms with Crippen LogP contribution in [-0.2, 0) is 25.8 Å². The number of fused-ring (bicyclic) bond motifs is 2. The van der Waals surface area contributed by atoms with Gasteiger partial charge in [-0.15, -0.1) is 0 Å². The monoisotopic (exact) mass is 269 g/mol. The van der Waals surface area contributed by atoms with E-state index in [4.69, 9.17) is 4.42 Å². The lowest BCUT2D eigenvalue weighted by Crippen LogP contribution is -2.15. The number of hydrogen-bond donors (Lipinski definition) is 1. The van der Waals surface area contributed by atoms with Crippen LogP contribution in [0, 0.1) is 0 Å². The first-order valence-corrected chi connectivity index (χ1v) is 8.14. The van der Waals surface area contributed by atoms with Gasteiger partial charge in [0.05, 0.1) is 6.54 Å². The molecule has 20 heavy (non-hydrogen) atoms. The molecule has 4 rings (SSSR count). The van der Waals surface area contributed by atoms with E-state index in [9.17, 15) is 0 Å². The third-order valence-corrected chi connectivity index (χ3v) is 4.72. The van der Waals surface area contributed by atoms with E-state index < -0.39 is 0 Å². The lowest BCUT2D eigenvalue weighted by molar-refractivity contribution is 0.505. The van der Waals surface area contributed by atoms with Crippen LogP contribution in [0.15, 0.2) is 16.5 Å². The number of nitrogens with one attached hydrogen (secondary N) is 1. The molecule has 0 radical (unpaired) electrons. The molecule has 0 spiro atoms. The van der Waals surface area contributed by atoms with E-state index in [1.165, 1.54) is 60.8 Å². The first-order chi connectivity index (χ1) is 9.85. The molecule has 1 fully saturated rings. The van der Waals surface area contributed by atoms with Gasteiger partial charge in [0.15, 0.2) is 0 Å². The van der Waals surface area contributed by atoms with Gasteiger partial charge in [0, 0.05) is 17.0 Å². The van der Waals surface area contributed by atoms with Crippen LogP contribution in [0.1, 0.15) is 55.1 Å². The molecular weight excluding hydrogens is 246 g/mol. The lowest BCUT2D eigenvalue weighted by atomic mass is 10.0. The number of aryl methyl sites for hydroxylation is 3. The summed E-state index contributed by atoms with van der Waals surface area (Å²) < 4.78 is 6.19. The molecular formula is C18H23NO. The minimum Gasteiger partial charge on any atom is -0.459 e. The Hall–Kier alpha value is -1.28. The highest BCUT2D eigenvalue weighted by Crippen LogP contribution is 2.33. The summed E-state index contributed by atoms with van der Waals surface area (Å²) in [5, 5.41) is 4.97. The van der Waals surface area contributed by atoms with Gasteiger partial charge in [-0.05, 0) is 61.8 Å². The molecule has 2 aliphatic rings. The zero-order valence-corrected chi connectivity index (χ0v) is 12.3. The molecule has 1 saturated carbocycles. The topological polar surface area (TPSA) is 25.2 Å². The molecule has 0 aliphatic heterocycles. The van der Waals surface area contributed by atoms with Gasteiger partial charge >= 0.3 is 0 Å². The Morgan fingerprint density at radius 1 is 1.20 bits per heavy atom. The second kappa shape index (κ2) is 4.92. The normalized spacial score (nSPS) is 17.9. The van der Waals surface area contributed by atoms with Crippen LogP contribution in [0.3, 0.4) is 0 Å². The SMILES string of the molecule is CCCc1c(CNC2CC2)oc2cc3c(cc12)CCC3. The second-order valence-electron chi connectivity index (χ2n) is 6.38. The van der Waals surface area contributed by atoms with Crippen molar-refractivity contribution in [3.05, 3.63) is 34.6 Å². The van der Waals surface area contributed by atoms with Crippen molar-refractivity contribution in [3.63, 3.8) is 0 Å². The largest absolute Gasteiger partial charge is 0.459 e. The van der Waals surface area contributed by atoms with E-state index in [0.717, 1.165) is 24.6 Å². The fraction of sp³-hybridized carbons (Fsp3) is 0.556. The van der Waals surface area contributed by atoms with Crippen molar-refractivity contribution in [2.24, 2.45) is 0 Å². The average molecular weight is 269 g/mol. The summed E-state index contributed by atoms with van der Waals surface area (Å²) in [7, 11) is 0. The first kappa shape index (κ1) is 12.5. The standard InChI is InChI=1S/C18H23NO/c1-2-4-15-16-9-12-5-3-6-13(12)10-17(16)20-18(15)11-19-14-7-8-14/h9-10,14,19H,2-8,11H2,1H3. The third kappa shape index (κ3) is 2.16. The Balaban J connectivity index is 1.74. The van der Waals surface area contributed by atoms with Crippen molar-refractivity contribution < 1.29 is 4.42 Å². The van der Waals surface area contributed by atoms with E-state index in [0.29, 0.717) is 0 Å². The zero-order chi connectivity index (χ0) is 13.5. The van der Waals surface area contributed by atoms with Crippen molar-refractivity contribution in [1.82, 2.24) is 5.32 Å². The van der Waals surface area contributed by atoms with Gasteiger partial charge in [-0.3, -0.25) is 0 Å². The maximum absolute atomic E-state index is 6.19. The van der Waals surface area contributed by atoms with Gasteiger partial charge < -0.3 is 9.73 Å². The summed E-state index contributed by atoms with van der Waals surface area (Å²) in [6, 6.07) is 5.45. The van der Waals surface area contributed by atoms with Gasteiger partial charge in [-0.25, -0.2) is 0 Å². The lowest BCUT2D eigenvalue weighted by Gasteiger charge is -2.03. The molecule has 0 saturated heterocycles. The predicted molar refractivity (Wildman–Crippen MR) is 82.1 cm³/mol. The number of hydrogen-bond acceptors (Lipinski definition) is 2. The number of rotatable bonds is 5. The molecule has 1 heterocycles. The van der Waals surface area contributed by atoms with Crippen molar-refractivity contribution in [3.8, 4) is 0 Å². The van der Waals surface area contributed by atoms with Gasteiger partial charge in [0.25, 0.3) is 0 Å². The third-order valence-electron chi connectivity index (χ3n) is 4.72. The van der Waals surface area contributed by atoms with Crippen LogP contribution in [0.2, 0.25) is 0 Å². The summed E-state index contributed by atoms with van der Waals surface area (Å²) >= 11 is 0. The zero-order valence-electron chi connectivity index (χ0n) is 12.3. The molecule has 2 aliphatic carbocycles. The van der Waals surface area contributed by atoms with Crippen molar-refractivity contribution in [2.45, 2.75) is 64.5 Å². The molecule has 106 valence electrons. The Kier molecular flexibility index (Phi) is 3.07. The highest BCUT2D eigenvalue weighted by molar-refractivity contribution is 5.84. The smallest absolute Gasteiger partial charge is 0.134 e. The summed E-state index contributed by atoms with van der Waals surface area (Å²) in [6.45, 7) is 3.16. The van der Waals surface area contributed by atoms with E-state index in [1.807, 2.05) is 0 Å². The highest BCUT2D eigenvalue weighted by atomic mass is 16.3. The maximum atomic E-state index is 6.19. The predicted octanol–water partition coefficient (Wildman–Crippen LogP) is 4.13. The first-order valence-electron chi connectivity index (χ1n) is 8.14. The van der Waals surface area contributed by atoms with E-state index in [1.54, 1.807) is 5.56 Å². The Bertz CT molecular complexity index is 636. The fourth-order valence-electron chi connectivity index (χ4n) is 3.46. The Morgan fingerprint density at radius 3 is 2.75 bits per heavy atom. The quantitative estimate of drug-likeness (QED) is 0.883. The molecule has 1 N–H and O–H groups in total. The molecule has 1 aromatic carbocycles. The van der Waals surface area contributed by atoms with E-state index in [2.05, 4.69) is 24.4 Å². The van der Waals surface area contributed by atoms with Gasteiger partial charge in [-0.2, -0.15) is 0 Å². The van der Waals surface area contributed by atoms with Gasteiger partial charge in [0.1, 0.15) is 11.3 Å². The van der Waals surface area contributed by atoms with Crippen LogP contribution in [0.5, 0.6) is 0 Å². The van der Waals surface area contributed by atoms with Crippen LogP contribution >= 0.6 is 0 Å². The minimum atomic E-state index is 0.739. The van der Waals surface area contributed by atoms with Crippen LogP contribution < -0.4 is 5.32 Å². The molecule has 2 nitrogen and oxygen atoms in total. The molecule has 0 amide bonds. The highest BCUT2D eigenvalue weighted by Gasteiger charge is 2.23. The van der Waals surface area contributed by atoms with Crippen LogP contribution in [-0.4, -0.2) is 6.04 Å². The van der Waals surface area contributed by atoms with Crippen molar-refractivity contribution in [1.29, 1.82) is 0 Å². The maximum Gasteiger partial charge on any atom is 0.134 e. The summed E-state index contributed by atoms with van der Waals surface area (Å²) in [4.78, 5) is 0. The van der Waals surface area contributed by atoms with E-state index >= 15 is 0 Å². The van der Waals surface area contributed by atoms with Crippen LogP contribution in [0.25, 0.3) is 11.0 Å². The van der Waals surface area contributed by atoms with E-state index in [-0.39, 0.29) is 0 Å². The summed E-state index contributed by atoms with van der Waals surface area (Å²) in [5.74, 6) is 1.18. The molecule has 2 heteroatoms. The van der Waals surface area contributed by atoms with Gasteiger partial charge in [-0.1, -0.05) is 13.3 Å². The Morgan fingerprint density at radius 2 is 2.00 bits per heavy atom.